The first-order chi connectivity index (χ1) is 13.2. The molecular formula is C19H22N6O2. The lowest BCUT2D eigenvalue weighted by Crippen LogP contribution is -2.36. The molecule has 0 unspecified atom stereocenters. The Morgan fingerprint density at radius 2 is 2.15 bits per heavy atom. The van der Waals surface area contributed by atoms with Gasteiger partial charge in [0.15, 0.2) is 5.82 Å². The minimum atomic E-state index is -0.325. The van der Waals surface area contributed by atoms with E-state index in [0.29, 0.717) is 31.4 Å². The van der Waals surface area contributed by atoms with Crippen LogP contribution in [0.25, 0.3) is 10.9 Å². The molecule has 3 N–H and O–H groups in total. The fourth-order valence-corrected chi connectivity index (χ4v) is 3.20. The molecule has 2 bridgehead atoms. The van der Waals surface area contributed by atoms with E-state index in [4.69, 9.17) is 4.74 Å². The number of anilines is 2. The summed E-state index contributed by atoms with van der Waals surface area (Å²) in [6.45, 7) is 4.27. The third-order valence-electron chi connectivity index (χ3n) is 4.49. The molecule has 2 aromatic heterocycles. The summed E-state index contributed by atoms with van der Waals surface area (Å²) in [4.78, 5) is 17.1. The molecule has 0 radical (unpaired) electrons. The molecule has 27 heavy (non-hydrogen) atoms. The Morgan fingerprint density at radius 3 is 2.96 bits per heavy atom. The molecule has 0 spiro atoms. The lowest BCUT2D eigenvalue weighted by Gasteiger charge is -2.21. The monoisotopic (exact) mass is 366 g/mol. The number of rotatable bonds is 2. The van der Waals surface area contributed by atoms with Crippen molar-refractivity contribution in [3.63, 3.8) is 0 Å². The SMILES string of the molecule is CCn1ncc2cc3nc(c21)NCCOC[C@H](c1ccccc1)NC(=O)N3. The van der Waals surface area contributed by atoms with Gasteiger partial charge in [0.1, 0.15) is 11.3 Å². The number of carbonyl (C=O) groups excluding carboxylic acids is 1. The molecule has 8 nitrogen and oxygen atoms in total. The van der Waals surface area contributed by atoms with E-state index in [2.05, 4.69) is 26.0 Å². The van der Waals surface area contributed by atoms with Gasteiger partial charge in [-0.05, 0) is 18.6 Å². The van der Waals surface area contributed by atoms with Crippen molar-refractivity contribution in [2.24, 2.45) is 0 Å². The number of amides is 2. The zero-order valence-electron chi connectivity index (χ0n) is 15.1. The number of benzene rings is 1. The van der Waals surface area contributed by atoms with Gasteiger partial charge in [-0.15, -0.1) is 0 Å². The van der Waals surface area contributed by atoms with Gasteiger partial charge in [0.05, 0.1) is 25.5 Å². The molecule has 1 atom stereocenters. The van der Waals surface area contributed by atoms with Crippen LogP contribution in [0.1, 0.15) is 18.5 Å². The summed E-state index contributed by atoms with van der Waals surface area (Å²) in [6.07, 6.45) is 1.78. The van der Waals surface area contributed by atoms with E-state index in [9.17, 15) is 4.79 Å². The second kappa shape index (κ2) is 7.63. The molecule has 1 aliphatic heterocycles. The Bertz CT molecular complexity index is 940. The zero-order chi connectivity index (χ0) is 18.6. The summed E-state index contributed by atoms with van der Waals surface area (Å²) in [7, 11) is 0. The first-order valence-corrected chi connectivity index (χ1v) is 9.05. The topological polar surface area (TPSA) is 93.1 Å². The highest BCUT2D eigenvalue weighted by Gasteiger charge is 2.18. The number of aromatic nitrogens is 3. The molecule has 4 rings (SSSR count). The van der Waals surface area contributed by atoms with Crippen molar-refractivity contribution < 1.29 is 9.53 Å². The molecule has 0 saturated heterocycles. The van der Waals surface area contributed by atoms with Crippen LogP contribution in [0.5, 0.6) is 0 Å². The standard InChI is InChI=1S/C19H22N6O2/c1-2-25-17-14(11-21-25)10-16-23-18(17)20-8-9-27-12-15(22-19(26)24-16)13-6-4-3-5-7-13/h3-7,10-11,15H,2,8-9,12H2,1H3,(H3,20,22,23,24,26)/t15-/m1/s1. The fraction of sp³-hybridized carbons (Fsp3) is 0.316. The number of fused-ring (bicyclic) bond motifs is 4. The van der Waals surface area contributed by atoms with Crippen LogP contribution in [0.3, 0.4) is 0 Å². The number of hydrogen-bond acceptors (Lipinski definition) is 5. The predicted octanol–water partition coefficient (Wildman–Crippen LogP) is 2.76. The van der Waals surface area contributed by atoms with E-state index in [1.807, 2.05) is 48.0 Å². The van der Waals surface area contributed by atoms with Gasteiger partial charge in [-0.25, -0.2) is 9.78 Å². The lowest BCUT2D eigenvalue weighted by molar-refractivity contribution is 0.122. The van der Waals surface area contributed by atoms with Crippen LogP contribution in [0.15, 0.2) is 42.6 Å². The normalized spacial score (nSPS) is 18.0. The summed E-state index contributed by atoms with van der Waals surface area (Å²) in [5.41, 5.74) is 1.91. The van der Waals surface area contributed by atoms with Crippen LogP contribution >= 0.6 is 0 Å². The Balaban J connectivity index is 1.65. The molecular weight excluding hydrogens is 344 g/mol. The Kier molecular flexibility index (Phi) is 4.88. The van der Waals surface area contributed by atoms with E-state index >= 15 is 0 Å². The number of urea groups is 1. The summed E-state index contributed by atoms with van der Waals surface area (Å²) >= 11 is 0. The third kappa shape index (κ3) is 3.70. The van der Waals surface area contributed by atoms with Crippen LogP contribution in [0.2, 0.25) is 0 Å². The maximum Gasteiger partial charge on any atom is 0.320 e. The van der Waals surface area contributed by atoms with Gasteiger partial charge in [0.25, 0.3) is 0 Å². The molecule has 0 fully saturated rings. The smallest absolute Gasteiger partial charge is 0.320 e. The Morgan fingerprint density at radius 1 is 1.30 bits per heavy atom. The van der Waals surface area contributed by atoms with Gasteiger partial charge in [-0.2, -0.15) is 5.10 Å². The zero-order valence-corrected chi connectivity index (χ0v) is 15.1. The molecule has 3 heterocycles. The maximum absolute atomic E-state index is 12.5. The van der Waals surface area contributed by atoms with Gasteiger partial charge in [-0.3, -0.25) is 10.00 Å². The van der Waals surface area contributed by atoms with Crippen molar-refractivity contribution in [3.8, 4) is 0 Å². The van der Waals surface area contributed by atoms with Gasteiger partial charge < -0.3 is 15.4 Å². The highest BCUT2D eigenvalue weighted by atomic mass is 16.5. The molecule has 2 amide bonds. The number of aryl methyl sites for hydroxylation is 1. The van der Waals surface area contributed by atoms with Crippen molar-refractivity contribution in [2.75, 3.05) is 30.4 Å². The number of hydrogen-bond donors (Lipinski definition) is 3. The van der Waals surface area contributed by atoms with Gasteiger partial charge >= 0.3 is 6.03 Å². The second-order valence-corrected chi connectivity index (χ2v) is 6.32. The number of nitrogens with one attached hydrogen (secondary N) is 3. The summed E-state index contributed by atoms with van der Waals surface area (Å²) in [5, 5.41) is 14.4. The number of ether oxygens (including phenoxy) is 1. The van der Waals surface area contributed by atoms with E-state index < -0.39 is 0 Å². The number of pyridine rings is 1. The first-order valence-electron chi connectivity index (χ1n) is 9.05. The Labute approximate surface area is 156 Å². The lowest BCUT2D eigenvalue weighted by atomic mass is 10.1. The summed E-state index contributed by atoms with van der Waals surface area (Å²) < 4.78 is 7.67. The van der Waals surface area contributed by atoms with Gasteiger partial charge in [-0.1, -0.05) is 30.3 Å². The predicted molar refractivity (Wildman–Crippen MR) is 104 cm³/mol. The highest BCUT2D eigenvalue weighted by Crippen LogP contribution is 2.25. The number of nitrogens with zero attached hydrogens (tertiary/aromatic N) is 3. The van der Waals surface area contributed by atoms with Gasteiger partial charge in [0.2, 0.25) is 0 Å². The minimum Gasteiger partial charge on any atom is -0.377 e. The quantitative estimate of drug-likeness (QED) is 0.648. The molecule has 1 aromatic carbocycles. The average Bonchev–Trinajstić information content (AvgIpc) is 3.09. The van der Waals surface area contributed by atoms with Crippen molar-refractivity contribution in [1.82, 2.24) is 20.1 Å². The fourth-order valence-electron chi connectivity index (χ4n) is 3.20. The van der Waals surface area contributed by atoms with Crippen molar-refractivity contribution in [2.45, 2.75) is 19.5 Å². The third-order valence-corrected chi connectivity index (χ3v) is 4.49. The largest absolute Gasteiger partial charge is 0.377 e. The van der Waals surface area contributed by atoms with E-state index in [1.54, 1.807) is 6.20 Å². The minimum absolute atomic E-state index is 0.239. The van der Waals surface area contributed by atoms with E-state index in [1.165, 1.54) is 0 Å². The van der Waals surface area contributed by atoms with Gasteiger partial charge in [0, 0.05) is 18.5 Å². The van der Waals surface area contributed by atoms with Crippen LogP contribution in [-0.4, -0.2) is 40.6 Å². The van der Waals surface area contributed by atoms with E-state index in [0.717, 1.165) is 23.0 Å². The first kappa shape index (κ1) is 17.3. The highest BCUT2D eigenvalue weighted by molar-refractivity contribution is 5.95. The molecule has 8 heteroatoms. The molecule has 140 valence electrons. The molecule has 3 aromatic rings. The maximum atomic E-state index is 12.5. The van der Waals surface area contributed by atoms with Crippen LogP contribution in [0, 0.1) is 0 Å². The van der Waals surface area contributed by atoms with E-state index in [-0.39, 0.29) is 12.1 Å². The molecule has 0 saturated carbocycles. The van der Waals surface area contributed by atoms with Crippen molar-refractivity contribution >= 4 is 28.6 Å². The Hall–Kier alpha value is -3.13. The number of carbonyl (C=O) groups is 1. The average molecular weight is 366 g/mol. The molecule has 1 aliphatic rings. The van der Waals surface area contributed by atoms with Crippen molar-refractivity contribution in [1.29, 1.82) is 0 Å². The van der Waals surface area contributed by atoms with Crippen LogP contribution in [0.4, 0.5) is 16.4 Å². The summed E-state index contributed by atoms with van der Waals surface area (Å²) in [5.74, 6) is 1.16. The molecule has 0 aliphatic carbocycles. The summed E-state index contributed by atoms with van der Waals surface area (Å²) in [6, 6.07) is 11.0. The second-order valence-electron chi connectivity index (χ2n) is 6.32. The van der Waals surface area contributed by atoms with Crippen LogP contribution in [-0.2, 0) is 11.3 Å². The van der Waals surface area contributed by atoms with Crippen LogP contribution < -0.4 is 16.0 Å². The van der Waals surface area contributed by atoms with Crippen molar-refractivity contribution in [3.05, 3.63) is 48.2 Å².